The highest BCUT2D eigenvalue weighted by Crippen LogP contribution is 2.41. The van der Waals surface area contributed by atoms with Crippen molar-refractivity contribution in [3.05, 3.63) is 64.2 Å². The van der Waals surface area contributed by atoms with Crippen LogP contribution < -0.4 is 4.74 Å². The number of rotatable bonds is 10. The Morgan fingerprint density at radius 2 is 1.82 bits per heavy atom. The van der Waals surface area contributed by atoms with E-state index in [0.29, 0.717) is 23.5 Å². The van der Waals surface area contributed by atoms with Crippen molar-refractivity contribution in [2.45, 2.75) is 32.2 Å². The lowest BCUT2D eigenvalue weighted by Gasteiger charge is -2.25. The van der Waals surface area contributed by atoms with E-state index in [1.165, 1.54) is 24.1 Å². The maximum absolute atomic E-state index is 12.9. The molecule has 1 fully saturated rings. The third-order valence-electron chi connectivity index (χ3n) is 5.51. The summed E-state index contributed by atoms with van der Waals surface area (Å²) in [5.41, 5.74) is 0.829. The monoisotopic (exact) mass is 473 g/mol. The lowest BCUT2D eigenvalue weighted by atomic mass is 9.95. The summed E-state index contributed by atoms with van der Waals surface area (Å²) in [7, 11) is 1.49. The molecule has 2 aromatic rings. The summed E-state index contributed by atoms with van der Waals surface area (Å²) in [5.74, 6) is -1.29. The van der Waals surface area contributed by atoms with Crippen molar-refractivity contribution in [2.24, 2.45) is 0 Å². The molecule has 1 saturated heterocycles. The zero-order chi connectivity index (χ0) is 24.0. The average Bonchev–Trinajstić information content (AvgIpc) is 3.07. The molecule has 1 amide bonds. The molecule has 3 rings (SSSR count). The van der Waals surface area contributed by atoms with Crippen molar-refractivity contribution in [3.63, 3.8) is 0 Å². The summed E-state index contributed by atoms with van der Waals surface area (Å²) >= 11 is 6.08. The molecule has 1 aliphatic heterocycles. The number of benzene rings is 2. The topological polar surface area (TPSA) is 96.3 Å². The van der Waals surface area contributed by atoms with Gasteiger partial charge in [-0.1, -0.05) is 37.4 Å². The first-order valence-electron chi connectivity index (χ1n) is 10.9. The van der Waals surface area contributed by atoms with Crippen LogP contribution in [0.15, 0.2) is 48.0 Å². The van der Waals surface area contributed by atoms with Gasteiger partial charge >= 0.3 is 0 Å². The third kappa shape index (κ3) is 5.49. The number of carbonyl (C=O) groups is 2. The smallest absolute Gasteiger partial charge is 0.295 e. The molecule has 1 unspecified atom stereocenters. The highest BCUT2D eigenvalue weighted by atomic mass is 35.5. The number of halogens is 1. The van der Waals surface area contributed by atoms with E-state index in [2.05, 4.69) is 6.92 Å². The van der Waals surface area contributed by atoms with Gasteiger partial charge in [-0.05, 0) is 48.4 Å². The number of phenolic OH excluding ortho intramolecular Hbond substituents is 1. The van der Waals surface area contributed by atoms with E-state index >= 15 is 0 Å². The zero-order valence-electron chi connectivity index (χ0n) is 18.7. The second-order valence-corrected chi connectivity index (χ2v) is 8.18. The molecular weight excluding hydrogens is 446 g/mol. The molecule has 7 nitrogen and oxygen atoms in total. The Kier molecular flexibility index (Phi) is 8.36. The average molecular weight is 474 g/mol. The number of amides is 1. The molecule has 1 heterocycles. The quantitative estimate of drug-likeness (QED) is 0.225. The van der Waals surface area contributed by atoms with Crippen molar-refractivity contribution in [2.75, 3.05) is 26.9 Å². The first kappa shape index (κ1) is 24.6. The Morgan fingerprint density at radius 1 is 1.09 bits per heavy atom. The SMILES string of the molecule is CCCCCOc1ccc(/C(O)=C2/C(=O)C(=O)N(CCOC)C2c2ccc(O)c(Cl)c2)cc1. The summed E-state index contributed by atoms with van der Waals surface area (Å²) in [4.78, 5) is 27.1. The lowest BCUT2D eigenvalue weighted by molar-refractivity contribution is -0.140. The van der Waals surface area contributed by atoms with Crippen LogP contribution in [-0.2, 0) is 14.3 Å². The summed E-state index contributed by atoms with van der Waals surface area (Å²) < 4.78 is 10.8. The first-order chi connectivity index (χ1) is 15.9. The van der Waals surface area contributed by atoms with Gasteiger partial charge < -0.3 is 24.6 Å². The Labute approximate surface area is 198 Å². The number of carbonyl (C=O) groups excluding carboxylic acids is 2. The number of Topliss-reactive ketones (excluding diaryl/α,β-unsaturated/α-hetero) is 1. The van der Waals surface area contributed by atoms with Crippen molar-refractivity contribution >= 4 is 29.1 Å². The number of hydrogen-bond donors (Lipinski definition) is 2. The Morgan fingerprint density at radius 3 is 2.45 bits per heavy atom. The summed E-state index contributed by atoms with van der Waals surface area (Å²) in [6.07, 6.45) is 3.15. The van der Waals surface area contributed by atoms with E-state index < -0.39 is 17.7 Å². The Bertz CT molecular complexity index is 1030. The van der Waals surface area contributed by atoms with Crippen LogP contribution in [0.5, 0.6) is 11.5 Å². The van der Waals surface area contributed by atoms with Crippen LogP contribution in [0.1, 0.15) is 43.4 Å². The molecule has 0 aliphatic carbocycles. The number of ketones is 1. The van der Waals surface area contributed by atoms with Gasteiger partial charge in [0, 0.05) is 19.2 Å². The zero-order valence-corrected chi connectivity index (χ0v) is 19.5. The van der Waals surface area contributed by atoms with Gasteiger partial charge in [0.2, 0.25) is 0 Å². The fourth-order valence-corrected chi connectivity index (χ4v) is 3.94. The van der Waals surface area contributed by atoms with Crippen molar-refractivity contribution in [1.82, 2.24) is 4.90 Å². The van der Waals surface area contributed by atoms with E-state index in [1.54, 1.807) is 30.3 Å². The van der Waals surface area contributed by atoms with Gasteiger partial charge in [-0.15, -0.1) is 0 Å². The molecule has 176 valence electrons. The number of hydrogen-bond acceptors (Lipinski definition) is 6. The predicted octanol–water partition coefficient (Wildman–Crippen LogP) is 4.68. The normalized spacial score (nSPS) is 17.5. The maximum Gasteiger partial charge on any atom is 0.295 e. The number of phenols is 1. The number of likely N-dealkylation sites (tertiary alicyclic amines) is 1. The third-order valence-corrected chi connectivity index (χ3v) is 5.81. The Balaban J connectivity index is 1.98. The molecule has 1 aliphatic rings. The van der Waals surface area contributed by atoms with Gasteiger partial charge in [-0.3, -0.25) is 9.59 Å². The Hall–Kier alpha value is -3.03. The van der Waals surface area contributed by atoms with Crippen molar-refractivity contribution < 1.29 is 29.3 Å². The van der Waals surface area contributed by atoms with Crippen LogP contribution in [0.2, 0.25) is 5.02 Å². The van der Waals surface area contributed by atoms with E-state index in [1.807, 2.05) is 0 Å². The van der Waals surface area contributed by atoms with Gasteiger partial charge in [0.15, 0.2) is 0 Å². The molecule has 0 spiro atoms. The summed E-state index contributed by atoms with van der Waals surface area (Å²) in [5, 5.41) is 20.9. The van der Waals surface area contributed by atoms with Crippen molar-refractivity contribution in [1.29, 1.82) is 0 Å². The molecular formula is C25H28ClNO6. The highest BCUT2D eigenvalue weighted by Gasteiger charge is 2.46. The van der Waals surface area contributed by atoms with E-state index in [-0.39, 0.29) is 35.3 Å². The van der Waals surface area contributed by atoms with Crippen LogP contribution in [0.25, 0.3) is 5.76 Å². The number of nitrogens with zero attached hydrogens (tertiary/aromatic N) is 1. The molecule has 0 aromatic heterocycles. The molecule has 0 saturated carbocycles. The standard InChI is InChI=1S/C25H28ClNO6/c1-3-4-5-13-33-18-9-6-16(7-10-18)23(29)21-22(17-8-11-20(28)19(26)15-17)27(12-14-32-2)25(31)24(21)30/h6-11,15,22,28-29H,3-5,12-14H2,1-2H3/b23-21-. The van der Waals surface area contributed by atoms with Crippen LogP contribution in [0.4, 0.5) is 0 Å². The molecule has 0 radical (unpaired) electrons. The minimum absolute atomic E-state index is 0.0468. The van der Waals surface area contributed by atoms with Gasteiger partial charge in [-0.2, -0.15) is 0 Å². The predicted molar refractivity (Wildman–Crippen MR) is 125 cm³/mol. The fraction of sp³-hybridized carbons (Fsp3) is 0.360. The van der Waals surface area contributed by atoms with Crippen LogP contribution in [-0.4, -0.2) is 53.7 Å². The molecule has 33 heavy (non-hydrogen) atoms. The van der Waals surface area contributed by atoms with Crippen LogP contribution in [0, 0.1) is 0 Å². The van der Waals surface area contributed by atoms with E-state index in [0.717, 1.165) is 19.3 Å². The molecule has 8 heteroatoms. The number of unbranched alkanes of at least 4 members (excludes halogenated alkanes) is 2. The van der Waals surface area contributed by atoms with Gasteiger partial charge in [0.1, 0.15) is 17.3 Å². The highest BCUT2D eigenvalue weighted by molar-refractivity contribution is 6.46. The van der Waals surface area contributed by atoms with E-state index in [9.17, 15) is 19.8 Å². The van der Waals surface area contributed by atoms with Crippen LogP contribution in [0.3, 0.4) is 0 Å². The number of aromatic hydroxyl groups is 1. The van der Waals surface area contributed by atoms with Crippen molar-refractivity contribution in [3.8, 4) is 11.5 Å². The van der Waals surface area contributed by atoms with Gasteiger partial charge in [0.05, 0.1) is 29.9 Å². The minimum Gasteiger partial charge on any atom is -0.507 e. The molecule has 1 atom stereocenters. The lowest BCUT2D eigenvalue weighted by Crippen LogP contribution is -2.32. The second kappa shape index (κ2) is 11.2. The maximum atomic E-state index is 12.9. The molecule has 2 N–H and O–H groups in total. The number of methoxy groups -OCH3 is 1. The summed E-state index contributed by atoms with van der Waals surface area (Å²) in [6, 6.07) is 10.3. The number of ether oxygens (including phenoxy) is 2. The summed E-state index contributed by atoms with van der Waals surface area (Å²) in [6.45, 7) is 3.08. The second-order valence-electron chi connectivity index (χ2n) is 7.78. The van der Waals surface area contributed by atoms with Gasteiger partial charge in [-0.25, -0.2) is 0 Å². The largest absolute Gasteiger partial charge is 0.507 e. The number of aliphatic hydroxyl groups is 1. The fourth-order valence-electron chi connectivity index (χ4n) is 3.75. The molecule has 0 bridgehead atoms. The first-order valence-corrected chi connectivity index (χ1v) is 11.3. The minimum atomic E-state index is -0.872. The number of aliphatic hydroxyl groups excluding tert-OH is 1. The van der Waals surface area contributed by atoms with E-state index in [4.69, 9.17) is 21.1 Å². The van der Waals surface area contributed by atoms with Gasteiger partial charge in [0.25, 0.3) is 11.7 Å². The molecule has 2 aromatic carbocycles. The van der Waals surface area contributed by atoms with Crippen LogP contribution >= 0.6 is 11.6 Å².